The van der Waals surface area contributed by atoms with Gasteiger partial charge in [0.1, 0.15) is 11.4 Å². The minimum atomic E-state index is -0.0299. The van der Waals surface area contributed by atoms with Crippen molar-refractivity contribution < 1.29 is 13.9 Å². The lowest BCUT2D eigenvalue weighted by atomic mass is 10.3. The van der Waals surface area contributed by atoms with E-state index < -0.39 is 0 Å². The van der Waals surface area contributed by atoms with Gasteiger partial charge >= 0.3 is 0 Å². The van der Waals surface area contributed by atoms with Crippen molar-refractivity contribution in [2.24, 2.45) is 0 Å². The number of piperazine rings is 1. The number of nitrogens with zero attached hydrogens (tertiary/aromatic N) is 5. The van der Waals surface area contributed by atoms with Crippen molar-refractivity contribution in [2.75, 3.05) is 37.7 Å². The Kier molecular flexibility index (Phi) is 4.95. The summed E-state index contributed by atoms with van der Waals surface area (Å²) in [5, 5.41) is 8.51. The normalized spacial score (nSPS) is 14.2. The number of pyridine rings is 1. The summed E-state index contributed by atoms with van der Waals surface area (Å²) in [6.07, 6.45) is 4.87. The second-order valence-corrected chi connectivity index (χ2v) is 6.10. The third-order valence-corrected chi connectivity index (χ3v) is 4.38. The summed E-state index contributed by atoms with van der Waals surface area (Å²) < 4.78 is 10.8. The van der Waals surface area contributed by atoms with E-state index in [0.29, 0.717) is 43.4 Å². The van der Waals surface area contributed by atoms with Crippen molar-refractivity contribution in [2.45, 2.75) is 0 Å². The third-order valence-electron chi connectivity index (χ3n) is 4.38. The molecule has 0 unspecified atom stereocenters. The standard InChI is InChI=1S/C19H19N5O3/c25-19(14-27-15-3-1-7-20-13-15)24-10-8-23(9-11-24)18-6-5-16(21-22-18)17-4-2-12-26-17/h1-7,12-13H,8-11,14H2. The van der Waals surface area contributed by atoms with Crippen LogP contribution in [0.5, 0.6) is 5.75 Å². The lowest BCUT2D eigenvalue weighted by Gasteiger charge is -2.35. The molecule has 4 heterocycles. The Bertz CT molecular complexity index is 860. The summed E-state index contributed by atoms with van der Waals surface area (Å²) >= 11 is 0. The second-order valence-electron chi connectivity index (χ2n) is 6.10. The number of anilines is 1. The van der Waals surface area contributed by atoms with E-state index in [2.05, 4.69) is 20.1 Å². The van der Waals surface area contributed by atoms with E-state index in [9.17, 15) is 4.79 Å². The molecule has 3 aromatic heterocycles. The first-order chi connectivity index (χ1) is 13.3. The Morgan fingerprint density at radius 1 is 1.07 bits per heavy atom. The van der Waals surface area contributed by atoms with Gasteiger partial charge < -0.3 is 19.0 Å². The van der Waals surface area contributed by atoms with Crippen molar-refractivity contribution in [3.63, 3.8) is 0 Å². The van der Waals surface area contributed by atoms with E-state index in [4.69, 9.17) is 9.15 Å². The molecule has 27 heavy (non-hydrogen) atoms. The smallest absolute Gasteiger partial charge is 0.260 e. The fraction of sp³-hybridized carbons (Fsp3) is 0.263. The topological polar surface area (TPSA) is 84.6 Å². The van der Waals surface area contributed by atoms with Gasteiger partial charge in [0.05, 0.1) is 12.5 Å². The molecule has 4 rings (SSSR count). The molecule has 0 atom stereocenters. The van der Waals surface area contributed by atoms with Crippen molar-refractivity contribution in [3.05, 3.63) is 55.1 Å². The number of ether oxygens (including phenoxy) is 1. The number of carbonyl (C=O) groups excluding carboxylic acids is 1. The summed E-state index contributed by atoms with van der Waals surface area (Å²) in [4.78, 5) is 20.2. The first kappa shape index (κ1) is 17.0. The quantitative estimate of drug-likeness (QED) is 0.682. The van der Waals surface area contributed by atoms with E-state index in [1.54, 1.807) is 35.7 Å². The maximum atomic E-state index is 12.3. The van der Waals surface area contributed by atoms with Gasteiger partial charge in [0.15, 0.2) is 18.2 Å². The Labute approximate surface area is 156 Å². The fourth-order valence-corrected chi connectivity index (χ4v) is 2.90. The summed E-state index contributed by atoms with van der Waals surface area (Å²) in [6.45, 7) is 2.66. The van der Waals surface area contributed by atoms with Crippen LogP contribution in [0.25, 0.3) is 11.5 Å². The van der Waals surface area contributed by atoms with Crippen LogP contribution in [0.4, 0.5) is 5.82 Å². The minimum Gasteiger partial charge on any atom is -0.482 e. The predicted octanol–water partition coefficient (Wildman–Crippen LogP) is 1.86. The number of aromatic nitrogens is 3. The van der Waals surface area contributed by atoms with Gasteiger partial charge in [-0.2, -0.15) is 0 Å². The van der Waals surface area contributed by atoms with Gasteiger partial charge in [-0.3, -0.25) is 9.78 Å². The molecule has 0 radical (unpaired) electrons. The summed E-state index contributed by atoms with van der Waals surface area (Å²) in [7, 11) is 0. The number of rotatable bonds is 5. The molecule has 3 aromatic rings. The highest BCUT2D eigenvalue weighted by Crippen LogP contribution is 2.19. The molecule has 8 nitrogen and oxygen atoms in total. The molecule has 1 saturated heterocycles. The van der Waals surface area contributed by atoms with Gasteiger partial charge in [-0.25, -0.2) is 0 Å². The van der Waals surface area contributed by atoms with Crippen LogP contribution in [0.3, 0.4) is 0 Å². The molecule has 0 aromatic carbocycles. The van der Waals surface area contributed by atoms with Crippen LogP contribution >= 0.6 is 0 Å². The Morgan fingerprint density at radius 3 is 2.63 bits per heavy atom. The van der Waals surface area contributed by atoms with E-state index >= 15 is 0 Å². The SMILES string of the molecule is O=C(COc1cccnc1)N1CCN(c2ccc(-c3ccco3)nn2)CC1. The van der Waals surface area contributed by atoms with Crippen molar-refractivity contribution >= 4 is 11.7 Å². The summed E-state index contributed by atoms with van der Waals surface area (Å²) in [5.41, 5.74) is 0.699. The van der Waals surface area contributed by atoms with Gasteiger partial charge in [0.2, 0.25) is 0 Å². The molecular formula is C19H19N5O3. The van der Waals surface area contributed by atoms with Gasteiger partial charge in [-0.15, -0.1) is 10.2 Å². The molecule has 1 aliphatic rings. The molecule has 1 aliphatic heterocycles. The van der Waals surface area contributed by atoms with Gasteiger partial charge in [0, 0.05) is 32.4 Å². The molecule has 0 saturated carbocycles. The number of hydrogen-bond donors (Lipinski definition) is 0. The van der Waals surface area contributed by atoms with E-state index in [1.165, 1.54) is 0 Å². The zero-order valence-corrected chi connectivity index (χ0v) is 14.7. The van der Waals surface area contributed by atoms with Gasteiger partial charge in [-0.05, 0) is 36.4 Å². The lowest BCUT2D eigenvalue weighted by Crippen LogP contribution is -2.50. The van der Waals surface area contributed by atoms with Crippen LogP contribution in [0, 0.1) is 0 Å². The number of carbonyl (C=O) groups is 1. The monoisotopic (exact) mass is 365 g/mol. The van der Waals surface area contributed by atoms with Crippen LogP contribution in [-0.4, -0.2) is 58.8 Å². The fourth-order valence-electron chi connectivity index (χ4n) is 2.90. The van der Waals surface area contributed by atoms with Crippen LogP contribution in [0.1, 0.15) is 0 Å². The van der Waals surface area contributed by atoms with Crippen molar-refractivity contribution in [3.8, 4) is 17.2 Å². The Balaban J connectivity index is 1.29. The van der Waals surface area contributed by atoms with E-state index in [1.807, 2.05) is 24.3 Å². The van der Waals surface area contributed by atoms with Crippen LogP contribution in [-0.2, 0) is 4.79 Å². The van der Waals surface area contributed by atoms with Gasteiger partial charge in [-0.1, -0.05) is 0 Å². The highest BCUT2D eigenvalue weighted by atomic mass is 16.5. The minimum absolute atomic E-state index is 0.0172. The van der Waals surface area contributed by atoms with Crippen LogP contribution < -0.4 is 9.64 Å². The summed E-state index contributed by atoms with van der Waals surface area (Å²) in [5.74, 6) is 2.05. The molecule has 0 spiro atoms. The number of amides is 1. The summed E-state index contributed by atoms with van der Waals surface area (Å²) in [6, 6.07) is 11.0. The van der Waals surface area contributed by atoms with Gasteiger partial charge in [0.25, 0.3) is 5.91 Å². The highest BCUT2D eigenvalue weighted by Gasteiger charge is 2.22. The molecule has 138 valence electrons. The highest BCUT2D eigenvalue weighted by molar-refractivity contribution is 5.78. The largest absolute Gasteiger partial charge is 0.482 e. The molecule has 1 amide bonds. The third kappa shape index (κ3) is 4.05. The van der Waals surface area contributed by atoms with Crippen molar-refractivity contribution in [1.82, 2.24) is 20.1 Å². The molecule has 0 aliphatic carbocycles. The predicted molar refractivity (Wildman–Crippen MR) is 98.3 cm³/mol. The van der Waals surface area contributed by atoms with Crippen molar-refractivity contribution in [1.29, 1.82) is 0 Å². The first-order valence-electron chi connectivity index (χ1n) is 8.73. The lowest BCUT2D eigenvalue weighted by molar-refractivity contribution is -0.133. The van der Waals surface area contributed by atoms with E-state index in [-0.39, 0.29) is 12.5 Å². The second kappa shape index (κ2) is 7.86. The maximum absolute atomic E-state index is 12.3. The average Bonchev–Trinajstić information content (AvgIpc) is 3.28. The molecule has 1 fully saturated rings. The average molecular weight is 365 g/mol. The molecular weight excluding hydrogens is 346 g/mol. The molecule has 0 bridgehead atoms. The number of furan rings is 1. The first-order valence-corrected chi connectivity index (χ1v) is 8.73. The maximum Gasteiger partial charge on any atom is 0.260 e. The van der Waals surface area contributed by atoms with E-state index in [0.717, 1.165) is 5.82 Å². The van der Waals surface area contributed by atoms with Crippen LogP contribution in [0.15, 0.2) is 59.5 Å². The zero-order chi connectivity index (χ0) is 18.5. The number of hydrogen-bond acceptors (Lipinski definition) is 7. The molecule has 0 N–H and O–H groups in total. The Morgan fingerprint density at radius 2 is 1.96 bits per heavy atom. The Hall–Kier alpha value is -3.42. The molecule has 8 heteroatoms. The zero-order valence-electron chi connectivity index (χ0n) is 14.7. The van der Waals surface area contributed by atoms with Crippen LogP contribution in [0.2, 0.25) is 0 Å².